The highest BCUT2D eigenvalue weighted by molar-refractivity contribution is 14.0. The summed E-state index contributed by atoms with van der Waals surface area (Å²) in [4.78, 5) is 4.21. The van der Waals surface area contributed by atoms with Gasteiger partial charge in [-0.1, -0.05) is 24.3 Å². The number of nitrogens with one attached hydrogen (secondary N) is 2. The van der Waals surface area contributed by atoms with Crippen LogP contribution in [-0.4, -0.2) is 26.7 Å². The summed E-state index contributed by atoms with van der Waals surface area (Å²) in [7, 11) is 3.41. The van der Waals surface area contributed by atoms with Crippen molar-refractivity contribution in [3.8, 4) is 11.8 Å². The summed E-state index contributed by atoms with van der Waals surface area (Å²) in [6.45, 7) is 1.40. The topological polar surface area (TPSA) is 69.4 Å². The molecule has 0 saturated heterocycles. The summed E-state index contributed by atoms with van der Waals surface area (Å²) in [5.74, 6) is 1.61. The van der Waals surface area contributed by atoms with Crippen molar-refractivity contribution in [3.63, 3.8) is 0 Å². The van der Waals surface area contributed by atoms with Gasteiger partial charge in [0.25, 0.3) is 0 Å². The summed E-state index contributed by atoms with van der Waals surface area (Å²) in [5, 5.41) is 15.5. The predicted molar refractivity (Wildman–Crippen MR) is 111 cm³/mol. The zero-order chi connectivity index (χ0) is 17.2. The molecule has 0 bridgehead atoms. The first-order valence-corrected chi connectivity index (χ1v) is 7.81. The van der Waals surface area contributed by atoms with Crippen LogP contribution in [0.15, 0.2) is 53.5 Å². The molecular weight excluding hydrogens is 427 g/mol. The molecule has 2 aromatic rings. The largest absolute Gasteiger partial charge is 0.497 e. The lowest BCUT2D eigenvalue weighted by Gasteiger charge is -2.12. The maximum atomic E-state index is 8.93. The molecule has 0 heterocycles. The molecule has 0 amide bonds. The van der Waals surface area contributed by atoms with Crippen LogP contribution in [-0.2, 0) is 13.0 Å². The number of nitriles is 1. The number of ether oxygens (including phenoxy) is 1. The summed E-state index contributed by atoms with van der Waals surface area (Å²) in [5.41, 5.74) is 2.95. The van der Waals surface area contributed by atoms with Gasteiger partial charge in [0.15, 0.2) is 5.96 Å². The van der Waals surface area contributed by atoms with E-state index in [2.05, 4.69) is 33.8 Å². The predicted octanol–water partition coefficient (Wildman–Crippen LogP) is 3.09. The zero-order valence-electron chi connectivity index (χ0n) is 14.5. The van der Waals surface area contributed by atoms with Gasteiger partial charge in [-0.15, -0.1) is 24.0 Å². The Morgan fingerprint density at radius 3 is 2.52 bits per heavy atom. The van der Waals surface area contributed by atoms with Crippen LogP contribution in [0.3, 0.4) is 0 Å². The van der Waals surface area contributed by atoms with Gasteiger partial charge in [0, 0.05) is 20.1 Å². The number of hydrogen-bond donors (Lipinski definition) is 2. The third-order valence-electron chi connectivity index (χ3n) is 3.60. The van der Waals surface area contributed by atoms with E-state index in [1.807, 2.05) is 30.3 Å². The van der Waals surface area contributed by atoms with Crippen molar-refractivity contribution in [2.75, 3.05) is 20.7 Å². The molecule has 2 N–H and O–H groups in total. The molecule has 0 fully saturated rings. The van der Waals surface area contributed by atoms with Gasteiger partial charge in [-0.05, 0) is 41.8 Å². The summed E-state index contributed by atoms with van der Waals surface area (Å²) in [6.07, 6.45) is 0.897. The van der Waals surface area contributed by atoms with Crippen LogP contribution in [0.4, 0.5) is 0 Å². The highest BCUT2D eigenvalue weighted by Gasteiger charge is 2.00. The van der Waals surface area contributed by atoms with E-state index in [-0.39, 0.29) is 24.0 Å². The number of hydrogen-bond acceptors (Lipinski definition) is 3. The lowest BCUT2D eigenvalue weighted by atomic mass is 10.1. The van der Waals surface area contributed by atoms with Gasteiger partial charge in [0.1, 0.15) is 5.75 Å². The second kappa shape index (κ2) is 11.3. The summed E-state index contributed by atoms with van der Waals surface area (Å²) >= 11 is 0. The van der Waals surface area contributed by atoms with Gasteiger partial charge >= 0.3 is 0 Å². The molecule has 0 saturated carbocycles. The molecule has 0 aliphatic rings. The molecule has 0 aromatic heterocycles. The Hall–Kier alpha value is -2.27. The zero-order valence-corrected chi connectivity index (χ0v) is 16.8. The average molecular weight is 450 g/mol. The number of halogens is 1. The van der Waals surface area contributed by atoms with Crippen molar-refractivity contribution in [3.05, 3.63) is 65.2 Å². The normalized spacial score (nSPS) is 10.4. The van der Waals surface area contributed by atoms with Crippen molar-refractivity contribution in [2.24, 2.45) is 4.99 Å². The minimum Gasteiger partial charge on any atom is -0.497 e. The van der Waals surface area contributed by atoms with E-state index in [4.69, 9.17) is 10.00 Å². The van der Waals surface area contributed by atoms with E-state index in [9.17, 15) is 0 Å². The first-order chi connectivity index (χ1) is 11.7. The standard InChI is InChI=1S/C19H22N4O.HI/c1-21-19(23-14-17-5-3-4-16(12-17)13-20)22-11-10-15-6-8-18(24-2)9-7-15;/h3-9,12H,10-11,14H2,1-2H3,(H2,21,22,23);1H. The molecule has 132 valence electrons. The first kappa shape index (κ1) is 20.8. The molecule has 0 unspecified atom stereocenters. The monoisotopic (exact) mass is 450 g/mol. The van der Waals surface area contributed by atoms with Crippen molar-refractivity contribution < 1.29 is 4.74 Å². The van der Waals surface area contributed by atoms with Gasteiger partial charge in [0.05, 0.1) is 18.7 Å². The molecule has 25 heavy (non-hydrogen) atoms. The Morgan fingerprint density at radius 2 is 1.88 bits per heavy atom. The van der Waals surface area contributed by atoms with Gasteiger partial charge in [0.2, 0.25) is 0 Å². The Labute approximate surface area is 166 Å². The number of nitrogens with zero attached hydrogens (tertiary/aromatic N) is 2. The highest BCUT2D eigenvalue weighted by atomic mass is 127. The van der Waals surface area contributed by atoms with E-state index in [0.717, 1.165) is 30.2 Å². The molecule has 0 spiro atoms. The summed E-state index contributed by atoms with van der Waals surface area (Å²) in [6, 6.07) is 17.7. The maximum absolute atomic E-state index is 8.93. The third-order valence-corrected chi connectivity index (χ3v) is 3.60. The Morgan fingerprint density at radius 1 is 1.12 bits per heavy atom. The molecule has 6 heteroatoms. The Balaban J connectivity index is 0.00000312. The molecule has 0 aliphatic carbocycles. The minimum atomic E-state index is 0. The average Bonchev–Trinajstić information content (AvgIpc) is 2.65. The molecule has 0 atom stereocenters. The van der Waals surface area contributed by atoms with Crippen molar-refractivity contribution in [2.45, 2.75) is 13.0 Å². The van der Waals surface area contributed by atoms with E-state index in [1.54, 1.807) is 20.2 Å². The van der Waals surface area contributed by atoms with Crippen LogP contribution >= 0.6 is 24.0 Å². The Bertz CT molecular complexity index is 723. The van der Waals surface area contributed by atoms with Gasteiger partial charge in [-0.3, -0.25) is 4.99 Å². The smallest absolute Gasteiger partial charge is 0.191 e. The molecule has 2 aromatic carbocycles. The van der Waals surface area contributed by atoms with Crippen molar-refractivity contribution in [1.29, 1.82) is 5.26 Å². The first-order valence-electron chi connectivity index (χ1n) is 7.81. The lowest BCUT2D eigenvalue weighted by Crippen LogP contribution is -2.37. The minimum absolute atomic E-state index is 0. The van der Waals surface area contributed by atoms with Crippen LogP contribution in [0.1, 0.15) is 16.7 Å². The maximum Gasteiger partial charge on any atom is 0.191 e. The number of rotatable bonds is 6. The third kappa shape index (κ3) is 7.01. The van der Waals surface area contributed by atoms with Crippen LogP contribution in [0.5, 0.6) is 5.75 Å². The summed E-state index contributed by atoms with van der Waals surface area (Å²) < 4.78 is 5.15. The lowest BCUT2D eigenvalue weighted by molar-refractivity contribution is 0.414. The van der Waals surface area contributed by atoms with Gasteiger partial charge in [-0.25, -0.2) is 0 Å². The van der Waals surface area contributed by atoms with Gasteiger partial charge in [-0.2, -0.15) is 5.26 Å². The van der Waals surface area contributed by atoms with Crippen LogP contribution in [0.2, 0.25) is 0 Å². The molecular formula is C19H23IN4O. The van der Waals surface area contributed by atoms with Crippen LogP contribution < -0.4 is 15.4 Å². The quantitative estimate of drug-likeness (QED) is 0.403. The van der Waals surface area contributed by atoms with Crippen LogP contribution in [0, 0.1) is 11.3 Å². The fourth-order valence-corrected chi connectivity index (χ4v) is 2.27. The van der Waals surface area contributed by atoms with Crippen LogP contribution in [0.25, 0.3) is 0 Å². The highest BCUT2D eigenvalue weighted by Crippen LogP contribution is 2.11. The van der Waals surface area contributed by atoms with Crippen molar-refractivity contribution >= 4 is 29.9 Å². The molecule has 0 radical (unpaired) electrons. The fraction of sp³-hybridized carbons (Fsp3) is 0.263. The van der Waals surface area contributed by atoms with E-state index >= 15 is 0 Å². The number of guanidine groups is 1. The van der Waals surface area contributed by atoms with Crippen molar-refractivity contribution in [1.82, 2.24) is 10.6 Å². The SMILES string of the molecule is CN=C(NCCc1ccc(OC)cc1)NCc1cccc(C#N)c1.I. The molecule has 0 aliphatic heterocycles. The van der Waals surface area contributed by atoms with E-state index in [0.29, 0.717) is 12.1 Å². The number of methoxy groups -OCH3 is 1. The van der Waals surface area contributed by atoms with E-state index < -0.39 is 0 Å². The second-order valence-electron chi connectivity index (χ2n) is 5.26. The molecule has 2 rings (SSSR count). The second-order valence-corrected chi connectivity index (χ2v) is 5.26. The number of benzene rings is 2. The molecule has 5 nitrogen and oxygen atoms in total. The van der Waals surface area contributed by atoms with E-state index in [1.165, 1.54) is 5.56 Å². The number of aliphatic imine (C=N–C) groups is 1. The van der Waals surface area contributed by atoms with Gasteiger partial charge < -0.3 is 15.4 Å². The fourth-order valence-electron chi connectivity index (χ4n) is 2.27. The Kier molecular flexibility index (Phi) is 9.40.